The molecular weight excluding hydrogens is 372 g/mol. The van der Waals surface area contributed by atoms with Crippen LogP contribution in [-0.4, -0.2) is 40.1 Å². The Kier molecular flexibility index (Phi) is 10.3. The summed E-state index contributed by atoms with van der Waals surface area (Å²) < 4.78 is 0. The van der Waals surface area contributed by atoms with Gasteiger partial charge in [-0.2, -0.15) is 0 Å². The van der Waals surface area contributed by atoms with E-state index in [0.29, 0.717) is 0 Å². The van der Waals surface area contributed by atoms with E-state index in [1.54, 1.807) is 14.1 Å². The molecule has 0 heterocycles. The van der Waals surface area contributed by atoms with Gasteiger partial charge in [0.1, 0.15) is 0 Å². The van der Waals surface area contributed by atoms with Gasteiger partial charge < -0.3 is 21.3 Å². The first-order valence-corrected chi connectivity index (χ1v) is 10.7. The molecular formula is C24H36N6. The first-order chi connectivity index (χ1) is 14.7. The third-order valence-electron chi connectivity index (χ3n) is 5.04. The molecule has 162 valence electrons. The number of benzene rings is 2. The van der Waals surface area contributed by atoms with Gasteiger partial charge in [-0.25, -0.2) is 0 Å². The maximum Gasteiger partial charge on any atom is 0.195 e. The van der Waals surface area contributed by atoms with Gasteiger partial charge in [-0.1, -0.05) is 37.1 Å². The van der Waals surface area contributed by atoms with Crippen molar-refractivity contribution in [2.24, 2.45) is 9.98 Å². The highest BCUT2D eigenvalue weighted by molar-refractivity contribution is 5.93. The summed E-state index contributed by atoms with van der Waals surface area (Å²) >= 11 is 0. The van der Waals surface area contributed by atoms with Gasteiger partial charge in [0.25, 0.3) is 0 Å². The number of nitrogens with one attached hydrogen (secondary N) is 4. The fourth-order valence-corrected chi connectivity index (χ4v) is 3.26. The Bertz CT molecular complexity index is 724. The van der Waals surface area contributed by atoms with Crippen LogP contribution in [0.15, 0.2) is 58.5 Å². The second kappa shape index (κ2) is 13.2. The Hall–Kier alpha value is -3.02. The number of guanidine groups is 2. The van der Waals surface area contributed by atoms with Crippen LogP contribution < -0.4 is 21.3 Å². The van der Waals surface area contributed by atoms with Crippen LogP contribution in [0.5, 0.6) is 0 Å². The molecule has 0 aliphatic rings. The number of anilines is 2. The lowest BCUT2D eigenvalue weighted by molar-refractivity contribution is 0.640. The second-order valence-corrected chi connectivity index (χ2v) is 7.20. The van der Waals surface area contributed by atoms with Crippen molar-refractivity contribution in [3.05, 3.63) is 59.7 Å². The smallest absolute Gasteiger partial charge is 0.195 e. The molecule has 30 heavy (non-hydrogen) atoms. The summed E-state index contributed by atoms with van der Waals surface area (Å²) in [7, 11) is 7.25. The van der Waals surface area contributed by atoms with Gasteiger partial charge in [0.05, 0.1) is 0 Å². The molecule has 0 saturated carbocycles. The molecule has 2 rings (SSSR count). The monoisotopic (exact) mass is 408 g/mol. The second-order valence-electron chi connectivity index (χ2n) is 7.20. The summed E-state index contributed by atoms with van der Waals surface area (Å²) in [5.74, 6) is 1.54. The summed E-state index contributed by atoms with van der Waals surface area (Å²) in [6.07, 6.45) is 7.27. The van der Waals surface area contributed by atoms with Crippen molar-refractivity contribution in [2.45, 2.75) is 38.5 Å². The SMILES string of the molecule is CN=C(NC)Nc1ccc(CCCCCCc2ccc(NC(=NC)NC)cc2)cc1. The molecule has 0 aliphatic carbocycles. The molecule has 0 amide bonds. The van der Waals surface area contributed by atoms with E-state index in [2.05, 4.69) is 79.8 Å². The number of unbranched alkanes of at least 4 members (excludes halogenated alkanes) is 3. The van der Waals surface area contributed by atoms with E-state index in [0.717, 1.165) is 36.1 Å². The van der Waals surface area contributed by atoms with Crippen molar-refractivity contribution in [3.63, 3.8) is 0 Å². The molecule has 0 aromatic heterocycles. The molecule has 6 heteroatoms. The van der Waals surface area contributed by atoms with Crippen LogP contribution >= 0.6 is 0 Å². The van der Waals surface area contributed by atoms with Gasteiger partial charge in [-0.3, -0.25) is 9.98 Å². The minimum absolute atomic E-state index is 0.770. The highest BCUT2D eigenvalue weighted by atomic mass is 15.2. The summed E-state index contributed by atoms with van der Waals surface area (Å²) in [5.41, 5.74) is 4.89. The van der Waals surface area contributed by atoms with Crippen molar-refractivity contribution < 1.29 is 0 Å². The van der Waals surface area contributed by atoms with E-state index < -0.39 is 0 Å². The van der Waals surface area contributed by atoms with E-state index in [-0.39, 0.29) is 0 Å². The standard InChI is InChI=1S/C24H36N6/c1-25-23(26-2)29-21-15-11-19(12-16-21)9-7-5-6-8-10-20-13-17-22(18-14-20)30-24(27-3)28-4/h11-18H,5-10H2,1-4H3,(H2,25,26,29)(H2,27,28,30). The molecule has 0 fully saturated rings. The Morgan fingerprint density at radius 2 is 0.967 bits per heavy atom. The van der Waals surface area contributed by atoms with E-state index in [1.807, 2.05) is 14.1 Å². The third-order valence-corrected chi connectivity index (χ3v) is 5.04. The molecule has 0 aliphatic heterocycles. The van der Waals surface area contributed by atoms with Crippen molar-refractivity contribution in [1.29, 1.82) is 0 Å². The molecule has 2 aromatic carbocycles. The van der Waals surface area contributed by atoms with E-state index in [4.69, 9.17) is 0 Å². The normalized spacial score (nSPS) is 11.9. The first kappa shape index (κ1) is 23.3. The lowest BCUT2D eigenvalue weighted by Gasteiger charge is -2.09. The highest BCUT2D eigenvalue weighted by Gasteiger charge is 2.00. The largest absolute Gasteiger partial charge is 0.359 e. The highest BCUT2D eigenvalue weighted by Crippen LogP contribution is 2.15. The molecule has 6 nitrogen and oxygen atoms in total. The lowest BCUT2D eigenvalue weighted by Crippen LogP contribution is -2.26. The Morgan fingerprint density at radius 1 is 0.600 bits per heavy atom. The number of hydrogen-bond donors (Lipinski definition) is 4. The first-order valence-electron chi connectivity index (χ1n) is 10.7. The summed E-state index contributed by atoms with van der Waals surface area (Å²) in [6, 6.07) is 17.2. The molecule has 0 atom stereocenters. The number of rotatable bonds is 9. The van der Waals surface area contributed by atoms with E-state index >= 15 is 0 Å². The summed E-state index contributed by atoms with van der Waals surface area (Å²) in [5, 5.41) is 12.5. The van der Waals surface area contributed by atoms with Gasteiger partial charge >= 0.3 is 0 Å². The predicted molar refractivity (Wildman–Crippen MR) is 131 cm³/mol. The van der Waals surface area contributed by atoms with Crippen LogP contribution in [0.2, 0.25) is 0 Å². The Balaban J connectivity index is 1.63. The molecule has 0 bridgehead atoms. The number of nitrogens with zero attached hydrogens (tertiary/aromatic N) is 2. The fourth-order valence-electron chi connectivity index (χ4n) is 3.26. The summed E-state index contributed by atoms with van der Waals surface area (Å²) in [4.78, 5) is 8.26. The zero-order chi connectivity index (χ0) is 21.6. The molecule has 0 unspecified atom stereocenters. The van der Waals surface area contributed by atoms with Crippen molar-refractivity contribution >= 4 is 23.3 Å². The Morgan fingerprint density at radius 3 is 1.27 bits per heavy atom. The van der Waals surface area contributed by atoms with Gasteiger partial charge in [-0.15, -0.1) is 0 Å². The van der Waals surface area contributed by atoms with Crippen LogP contribution in [0.25, 0.3) is 0 Å². The van der Waals surface area contributed by atoms with Crippen LogP contribution in [-0.2, 0) is 12.8 Å². The lowest BCUT2D eigenvalue weighted by atomic mass is 10.0. The Labute approximate surface area is 181 Å². The van der Waals surface area contributed by atoms with E-state index in [9.17, 15) is 0 Å². The molecule has 4 N–H and O–H groups in total. The van der Waals surface area contributed by atoms with Crippen molar-refractivity contribution in [2.75, 3.05) is 38.8 Å². The van der Waals surface area contributed by atoms with Crippen molar-refractivity contribution in [1.82, 2.24) is 10.6 Å². The number of aliphatic imine (C=N–C) groups is 2. The summed E-state index contributed by atoms with van der Waals surface area (Å²) in [6.45, 7) is 0. The third kappa shape index (κ3) is 8.15. The average Bonchev–Trinajstić information content (AvgIpc) is 2.79. The van der Waals surface area contributed by atoms with Gasteiger partial charge in [-0.05, 0) is 61.1 Å². The van der Waals surface area contributed by atoms with Gasteiger partial charge in [0, 0.05) is 39.6 Å². The van der Waals surface area contributed by atoms with Crippen LogP contribution in [0.4, 0.5) is 11.4 Å². The topological polar surface area (TPSA) is 72.8 Å². The number of hydrogen-bond acceptors (Lipinski definition) is 2. The minimum Gasteiger partial charge on any atom is -0.359 e. The van der Waals surface area contributed by atoms with Gasteiger partial charge in [0.15, 0.2) is 11.9 Å². The number of aryl methyl sites for hydroxylation is 2. The molecule has 2 aromatic rings. The van der Waals surface area contributed by atoms with Crippen LogP contribution in [0, 0.1) is 0 Å². The molecule has 0 saturated heterocycles. The van der Waals surface area contributed by atoms with E-state index in [1.165, 1.54) is 36.8 Å². The van der Waals surface area contributed by atoms with Crippen molar-refractivity contribution in [3.8, 4) is 0 Å². The molecule has 0 radical (unpaired) electrons. The zero-order valence-corrected chi connectivity index (χ0v) is 18.8. The fraction of sp³-hybridized carbons (Fsp3) is 0.417. The van der Waals surface area contributed by atoms with Crippen LogP contribution in [0.3, 0.4) is 0 Å². The maximum absolute atomic E-state index is 4.13. The van der Waals surface area contributed by atoms with Crippen LogP contribution in [0.1, 0.15) is 36.8 Å². The van der Waals surface area contributed by atoms with Gasteiger partial charge in [0.2, 0.25) is 0 Å². The quantitative estimate of drug-likeness (QED) is 0.284. The average molecular weight is 409 g/mol. The maximum atomic E-state index is 4.13. The molecule has 0 spiro atoms. The zero-order valence-electron chi connectivity index (χ0n) is 18.8. The predicted octanol–water partition coefficient (Wildman–Crippen LogP) is 4.27. The minimum atomic E-state index is 0.770.